The van der Waals surface area contributed by atoms with Crippen LogP contribution in [0, 0.1) is 0 Å². The Bertz CT molecular complexity index is 563. The zero-order chi connectivity index (χ0) is 14.6. The Morgan fingerprint density at radius 3 is 2.70 bits per heavy atom. The maximum absolute atomic E-state index is 12.1. The summed E-state index contributed by atoms with van der Waals surface area (Å²) in [7, 11) is 0. The van der Waals surface area contributed by atoms with Crippen molar-refractivity contribution in [2.75, 3.05) is 13.2 Å². The van der Waals surface area contributed by atoms with Crippen LogP contribution in [0.5, 0.6) is 0 Å². The largest absolute Gasteiger partial charge is 0.459 e. The molecule has 6 heteroatoms. The molecule has 2 aromatic rings. The summed E-state index contributed by atoms with van der Waals surface area (Å²) in [5, 5.41) is 3.90. The van der Waals surface area contributed by atoms with Crippen LogP contribution < -0.4 is 5.32 Å². The van der Waals surface area contributed by atoms with Gasteiger partial charge in [-0.15, -0.1) is 0 Å². The first-order valence-electron chi connectivity index (χ1n) is 6.35. The first-order valence-corrected chi connectivity index (χ1v) is 6.35. The van der Waals surface area contributed by atoms with Crippen LogP contribution in [-0.2, 0) is 17.9 Å². The number of fused-ring (bicyclic) bond motifs is 1. The molecule has 0 radical (unpaired) electrons. The smallest absolute Gasteiger partial charge is 0.411 e. The molecule has 1 N–H and O–H groups in total. The van der Waals surface area contributed by atoms with Crippen LogP contribution >= 0.6 is 0 Å². The standard InChI is InChI=1S/C14H16F3NO2/c1-2-18-7-13-11(8-19-9-14(15,16)17)10-5-3-4-6-12(10)20-13/h3-6,18H,2,7-9H2,1H3. The third-order valence-corrected chi connectivity index (χ3v) is 2.83. The van der Waals surface area contributed by atoms with Crippen molar-refractivity contribution in [2.45, 2.75) is 26.3 Å². The van der Waals surface area contributed by atoms with Gasteiger partial charge in [-0.2, -0.15) is 13.2 Å². The van der Waals surface area contributed by atoms with Crippen LogP contribution in [0.3, 0.4) is 0 Å². The molecule has 0 bridgehead atoms. The van der Waals surface area contributed by atoms with Gasteiger partial charge in [-0.25, -0.2) is 0 Å². The number of para-hydroxylation sites is 1. The molecule has 0 amide bonds. The molecule has 20 heavy (non-hydrogen) atoms. The van der Waals surface area contributed by atoms with Gasteiger partial charge in [0.1, 0.15) is 18.0 Å². The fourth-order valence-corrected chi connectivity index (χ4v) is 1.96. The van der Waals surface area contributed by atoms with Crippen LogP contribution in [-0.4, -0.2) is 19.3 Å². The van der Waals surface area contributed by atoms with Crippen molar-refractivity contribution in [3.63, 3.8) is 0 Å². The minimum Gasteiger partial charge on any atom is -0.459 e. The van der Waals surface area contributed by atoms with E-state index in [0.717, 1.165) is 11.9 Å². The first-order chi connectivity index (χ1) is 9.51. The summed E-state index contributed by atoms with van der Waals surface area (Å²) in [4.78, 5) is 0. The second-order valence-corrected chi connectivity index (χ2v) is 4.39. The van der Waals surface area contributed by atoms with E-state index in [9.17, 15) is 13.2 Å². The van der Waals surface area contributed by atoms with E-state index in [1.807, 2.05) is 25.1 Å². The molecule has 1 heterocycles. The van der Waals surface area contributed by atoms with Gasteiger partial charge in [0.15, 0.2) is 0 Å². The van der Waals surface area contributed by atoms with Crippen LogP contribution in [0.4, 0.5) is 13.2 Å². The quantitative estimate of drug-likeness (QED) is 0.881. The molecule has 0 saturated heterocycles. The summed E-state index contributed by atoms with van der Waals surface area (Å²) < 4.78 is 46.8. The third-order valence-electron chi connectivity index (χ3n) is 2.83. The number of nitrogens with one attached hydrogen (secondary N) is 1. The van der Waals surface area contributed by atoms with Crippen molar-refractivity contribution in [1.82, 2.24) is 5.32 Å². The van der Waals surface area contributed by atoms with E-state index in [-0.39, 0.29) is 6.61 Å². The minimum absolute atomic E-state index is 0.114. The summed E-state index contributed by atoms with van der Waals surface area (Å²) >= 11 is 0. The van der Waals surface area contributed by atoms with Gasteiger partial charge >= 0.3 is 6.18 Å². The van der Waals surface area contributed by atoms with Gasteiger partial charge in [0.2, 0.25) is 0 Å². The lowest BCUT2D eigenvalue weighted by Gasteiger charge is -2.08. The number of alkyl halides is 3. The molecule has 0 saturated carbocycles. The Hall–Kier alpha value is -1.53. The number of halogens is 3. The highest BCUT2D eigenvalue weighted by Gasteiger charge is 2.28. The lowest BCUT2D eigenvalue weighted by atomic mass is 10.1. The summed E-state index contributed by atoms with van der Waals surface area (Å²) in [5.41, 5.74) is 1.33. The van der Waals surface area contributed by atoms with Crippen molar-refractivity contribution >= 4 is 11.0 Å². The van der Waals surface area contributed by atoms with Gasteiger partial charge < -0.3 is 14.5 Å². The summed E-state index contributed by atoms with van der Waals surface area (Å²) in [6.07, 6.45) is -4.32. The average molecular weight is 287 g/mol. The van der Waals surface area contributed by atoms with E-state index in [2.05, 4.69) is 5.32 Å². The monoisotopic (exact) mass is 287 g/mol. The second-order valence-electron chi connectivity index (χ2n) is 4.39. The van der Waals surface area contributed by atoms with Crippen molar-refractivity contribution in [2.24, 2.45) is 0 Å². The van der Waals surface area contributed by atoms with Crippen molar-refractivity contribution in [3.8, 4) is 0 Å². The maximum atomic E-state index is 12.1. The van der Waals surface area contributed by atoms with Gasteiger partial charge in [0.05, 0.1) is 13.2 Å². The first kappa shape index (κ1) is 14.9. The zero-order valence-corrected chi connectivity index (χ0v) is 11.1. The Morgan fingerprint density at radius 2 is 2.00 bits per heavy atom. The molecule has 0 aliphatic heterocycles. The van der Waals surface area contributed by atoms with Crippen molar-refractivity contribution in [1.29, 1.82) is 0 Å². The SMILES string of the molecule is CCNCc1oc2ccccc2c1COCC(F)(F)F. The van der Waals surface area contributed by atoms with E-state index >= 15 is 0 Å². The number of furan rings is 1. The average Bonchev–Trinajstić information content (AvgIpc) is 2.73. The lowest BCUT2D eigenvalue weighted by molar-refractivity contribution is -0.176. The van der Waals surface area contributed by atoms with E-state index in [1.165, 1.54) is 0 Å². The zero-order valence-electron chi connectivity index (χ0n) is 11.1. The molecule has 3 nitrogen and oxygen atoms in total. The number of rotatable bonds is 6. The highest BCUT2D eigenvalue weighted by Crippen LogP contribution is 2.27. The van der Waals surface area contributed by atoms with Gasteiger partial charge in [-0.05, 0) is 12.6 Å². The molecule has 0 unspecified atom stereocenters. The normalized spacial score (nSPS) is 12.2. The van der Waals surface area contributed by atoms with Crippen molar-refractivity contribution < 1.29 is 22.3 Å². The fraction of sp³-hybridized carbons (Fsp3) is 0.429. The van der Waals surface area contributed by atoms with E-state index in [0.29, 0.717) is 23.5 Å². The molecular weight excluding hydrogens is 271 g/mol. The Morgan fingerprint density at radius 1 is 1.25 bits per heavy atom. The Labute approximate surface area is 114 Å². The highest BCUT2D eigenvalue weighted by atomic mass is 19.4. The molecule has 1 aromatic carbocycles. The molecule has 0 atom stereocenters. The predicted molar refractivity (Wildman–Crippen MR) is 69.3 cm³/mol. The molecule has 110 valence electrons. The molecular formula is C14H16F3NO2. The summed E-state index contributed by atoms with van der Waals surface area (Å²) in [6.45, 7) is 1.79. The van der Waals surface area contributed by atoms with Gasteiger partial charge in [-0.1, -0.05) is 25.1 Å². The summed E-state index contributed by atoms with van der Waals surface area (Å²) in [5.74, 6) is 0.621. The van der Waals surface area contributed by atoms with E-state index in [1.54, 1.807) is 6.07 Å². The topological polar surface area (TPSA) is 34.4 Å². The number of ether oxygens (including phenoxy) is 1. The molecule has 0 spiro atoms. The van der Waals surface area contributed by atoms with Gasteiger partial charge in [-0.3, -0.25) is 0 Å². The maximum Gasteiger partial charge on any atom is 0.411 e. The van der Waals surface area contributed by atoms with Crippen LogP contribution in [0.1, 0.15) is 18.2 Å². The highest BCUT2D eigenvalue weighted by molar-refractivity contribution is 5.82. The number of hydrogen-bond donors (Lipinski definition) is 1. The van der Waals surface area contributed by atoms with Gasteiger partial charge in [0, 0.05) is 10.9 Å². The molecule has 2 rings (SSSR count). The molecule has 1 aromatic heterocycles. The number of benzene rings is 1. The second kappa shape index (κ2) is 6.28. The van der Waals surface area contributed by atoms with Gasteiger partial charge in [0.25, 0.3) is 0 Å². The van der Waals surface area contributed by atoms with Crippen LogP contribution in [0.2, 0.25) is 0 Å². The predicted octanol–water partition coefficient (Wildman–Crippen LogP) is 3.62. The van der Waals surface area contributed by atoms with Crippen LogP contribution in [0.15, 0.2) is 28.7 Å². The molecule has 0 aliphatic carbocycles. The van der Waals surface area contributed by atoms with Crippen LogP contribution in [0.25, 0.3) is 11.0 Å². The molecule has 0 fully saturated rings. The van der Waals surface area contributed by atoms with E-state index < -0.39 is 12.8 Å². The lowest BCUT2D eigenvalue weighted by Crippen LogP contribution is -2.17. The summed E-state index contributed by atoms with van der Waals surface area (Å²) in [6, 6.07) is 7.25. The van der Waals surface area contributed by atoms with E-state index in [4.69, 9.17) is 9.15 Å². The number of hydrogen-bond acceptors (Lipinski definition) is 3. The molecule has 0 aliphatic rings. The Kier molecular flexibility index (Phi) is 4.67. The minimum atomic E-state index is -4.32. The fourth-order valence-electron chi connectivity index (χ4n) is 1.96. The Balaban J connectivity index is 2.19. The van der Waals surface area contributed by atoms with Crippen molar-refractivity contribution in [3.05, 3.63) is 35.6 Å². The third kappa shape index (κ3) is 3.74.